The molecule has 1 N–H and O–H groups in total. The predicted octanol–water partition coefficient (Wildman–Crippen LogP) is 1.17. The third-order valence-electron chi connectivity index (χ3n) is 2.30. The molecule has 0 saturated heterocycles. The lowest BCUT2D eigenvalue weighted by molar-refractivity contribution is -0.118. The molecule has 0 heterocycles. The van der Waals surface area contributed by atoms with E-state index in [1.54, 1.807) is 4.90 Å². The van der Waals surface area contributed by atoms with E-state index in [0.29, 0.717) is 6.54 Å². The highest BCUT2D eigenvalue weighted by Gasteiger charge is 2.01. The van der Waals surface area contributed by atoms with Crippen LogP contribution in [0.1, 0.15) is 11.1 Å². The van der Waals surface area contributed by atoms with Gasteiger partial charge in [-0.25, -0.2) is 0 Å². The van der Waals surface area contributed by atoms with E-state index >= 15 is 0 Å². The summed E-state index contributed by atoms with van der Waals surface area (Å²) in [6.07, 6.45) is 0.900. The van der Waals surface area contributed by atoms with Crippen LogP contribution in [0.4, 0.5) is 0 Å². The Morgan fingerprint density at radius 2 is 2.00 bits per heavy atom. The van der Waals surface area contributed by atoms with Gasteiger partial charge < -0.3 is 10.2 Å². The number of aryl methyl sites for hydroxylation is 1. The molecule has 1 amide bonds. The Morgan fingerprint density at radius 3 is 2.53 bits per heavy atom. The first kappa shape index (κ1) is 11.7. The highest BCUT2D eigenvalue weighted by atomic mass is 16.1. The Morgan fingerprint density at radius 1 is 1.33 bits per heavy atom. The van der Waals surface area contributed by atoms with E-state index in [1.807, 2.05) is 7.05 Å². The van der Waals surface area contributed by atoms with Crippen molar-refractivity contribution in [2.24, 2.45) is 0 Å². The second kappa shape index (κ2) is 6.19. The monoisotopic (exact) mass is 206 g/mol. The molecular weight excluding hydrogens is 188 g/mol. The third kappa shape index (κ3) is 4.13. The van der Waals surface area contributed by atoms with Crippen molar-refractivity contribution in [3.05, 3.63) is 35.4 Å². The van der Waals surface area contributed by atoms with E-state index in [2.05, 4.69) is 36.5 Å². The average Bonchev–Trinajstić information content (AvgIpc) is 2.27. The van der Waals surface area contributed by atoms with Crippen LogP contribution >= 0.6 is 0 Å². The fourth-order valence-electron chi connectivity index (χ4n) is 1.35. The van der Waals surface area contributed by atoms with Crippen molar-refractivity contribution in [3.8, 4) is 0 Å². The molecule has 0 bridgehead atoms. The maximum atomic E-state index is 10.8. The molecule has 82 valence electrons. The van der Waals surface area contributed by atoms with Crippen LogP contribution in [-0.4, -0.2) is 31.4 Å². The lowest BCUT2D eigenvalue weighted by Crippen LogP contribution is -2.29. The molecule has 15 heavy (non-hydrogen) atoms. The maximum Gasteiger partial charge on any atom is 0.210 e. The first-order chi connectivity index (χ1) is 7.26. The van der Waals surface area contributed by atoms with Gasteiger partial charge in [0.25, 0.3) is 0 Å². The molecule has 0 aliphatic heterocycles. The van der Waals surface area contributed by atoms with Gasteiger partial charge in [-0.1, -0.05) is 29.8 Å². The Labute approximate surface area is 91.1 Å². The van der Waals surface area contributed by atoms with Crippen molar-refractivity contribution in [1.29, 1.82) is 0 Å². The molecule has 0 aliphatic rings. The number of nitrogens with zero attached hydrogens (tertiary/aromatic N) is 1. The van der Waals surface area contributed by atoms with E-state index in [9.17, 15) is 4.79 Å². The number of carbonyl (C=O) groups is 1. The predicted molar refractivity (Wildman–Crippen MR) is 61.6 cm³/mol. The van der Waals surface area contributed by atoms with E-state index in [1.165, 1.54) is 11.1 Å². The number of carbonyl (C=O) groups excluding carboxylic acids is 1. The van der Waals surface area contributed by atoms with Crippen molar-refractivity contribution in [2.45, 2.75) is 13.5 Å². The molecule has 0 aromatic heterocycles. The summed E-state index contributed by atoms with van der Waals surface area (Å²) in [6.45, 7) is 4.31. The smallest absolute Gasteiger partial charge is 0.210 e. The third-order valence-corrected chi connectivity index (χ3v) is 2.30. The molecule has 0 spiro atoms. The second-order valence-electron chi connectivity index (χ2n) is 3.67. The zero-order chi connectivity index (χ0) is 11.1. The highest BCUT2D eigenvalue weighted by Crippen LogP contribution is 2.05. The quantitative estimate of drug-likeness (QED) is 0.709. The van der Waals surface area contributed by atoms with Gasteiger partial charge in [-0.05, 0) is 19.5 Å². The van der Waals surface area contributed by atoms with E-state index in [-0.39, 0.29) is 0 Å². The van der Waals surface area contributed by atoms with Crippen LogP contribution in [0.3, 0.4) is 0 Å². The van der Waals surface area contributed by atoms with Crippen molar-refractivity contribution in [3.63, 3.8) is 0 Å². The Hall–Kier alpha value is -1.35. The summed E-state index contributed by atoms with van der Waals surface area (Å²) in [5.74, 6) is 0. The average molecular weight is 206 g/mol. The number of hydrogen-bond donors (Lipinski definition) is 1. The SMILES string of the molecule is CNCCN(C=O)Cc1ccc(C)cc1. The molecule has 0 atom stereocenters. The summed E-state index contributed by atoms with van der Waals surface area (Å²) in [7, 11) is 1.88. The Kier molecular flexibility index (Phi) is 4.84. The van der Waals surface area contributed by atoms with Gasteiger partial charge in [0, 0.05) is 19.6 Å². The lowest BCUT2D eigenvalue weighted by atomic mass is 10.1. The lowest BCUT2D eigenvalue weighted by Gasteiger charge is -2.17. The Bertz CT molecular complexity index is 295. The van der Waals surface area contributed by atoms with E-state index in [4.69, 9.17) is 0 Å². The van der Waals surface area contributed by atoms with E-state index < -0.39 is 0 Å². The fourth-order valence-corrected chi connectivity index (χ4v) is 1.35. The molecule has 0 aliphatic carbocycles. The van der Waals surface area contributed by atoms with Crippen LogP contribution in [0.2, 0.25) is 0 Å². The highest BCUT2D eigenvalue weighted by molar-refractivity contribution is 5.47. The summed E-state index contributed by atoms with van der Waals surface area (Å²) in [5, 5.41) is 3.03. The van der Waals surface area contributed by atoms with Crippen LogP contribution in [-0.2, 0) is 11.3 Å². The van der Waals surface area contributed by atoms with Gasteiger partial charge in [-0.15, -0.1) is 0 Å². The summed E-state index contributed by atoms with van der Waals surface area (Å²) < 4.78 is 0. The molecule has 1 aromatic carbocycles. The minimum atomic E-state index is 0.686. The molecule has 1 aromatic rings. The van der Waals surface area contributed by atoms with Crippen LogP contribution in [0.15, 0.2) is 24.3 Å². The normalized spacial score (nSPS) is 10.0. The topological polar surface area (TPSA) is 32.3 Å². The first-order valence-corrected chi connectivity index (χ1v) is 5.15. The number of amides is 1. The van der Waals surface area contributed by atoms with Crippen molar-refractivity contribution < 1.29 is 4.79 Å². The number of benzene rings is 1. The van der Waals surface area contributed by atoms with Crippen molar-refractivity contribution in [2.75, 3.05) is 20.1 Å². The minimum absolute atomic E-state index is 0.686. The van der Waals surface area contributed by atoms with Gasteiger partial charge in [-0.2, -0.15) is 0 Å². The summed E-state index contributed by atoms with van der Waals surface area (Å²) >= 11 is 0. The molecular formula is C12H18N2O. The van der Waals surface area contributed by atoms with Crippen LogP contribution < -0.4 is 5.32 Å². The zero-order valence-electron chi connectivity index (χ0n) is 9.36. The summed E-state index contributed by atoms with van der Waals surface area (Å²) in [4.78, 5) is 12.5. The standard InChI is InChI=1S/C12H18N2O/c1-11-3-5-12(6-4-11)9-14(10-15)8-7-13-2/h3-6,10,13H,7-9H2,1-2H3. The molecule has 1 rings (SSSR count). The van der Waals surface area contributed by atoms with E-state index in [0.717, 1.165) is 19.5 Å². The van der Waals surface area contributed by atoms with Crippen LogP contribution in [0, 0.1) is 6.92 Å². The second-order valence-corrected chi connectivity index (χ2v) is 3.67. The van der Waals surface area contributed by atoms with Gasteiger partial charge in [0.1, 0.15) is 0 Å². The van der Waals surface area contributed by atoms with Crippen molar-refractivity contribution >= 4 is 6.41 Å². The number of nitrogens with one attached hydrogen (secondary N) is 1. The van der Waals surface area contributed by atoms with Gasteiger partial charge in [0.05, 0.1) is 0 Å². The number of likely N-dealkylation sites (N-methyl/N-ethyl adjacent to an activating group) is 1. The summed E-state index contributed by atoms with van der Waals surface area (Å²) in [5.41, 5.74) is 2.41. The van der Waals surface area contributed by atoms with Crippen LogP contribution in [0.5, 0.6) is 0 Å². The van der Waals surface area contributed by atoms with Gasteiger partial charge >= 0.3 is 0 Å². The van der Waals surface area contributed by atoms with Gasteiger partial charge in [-0.3, -0.25) is 4.79 Å². The molecule has 0 unspecified atom stereocenters. The largest absolute Gasteiger partial charge is 0.340 e. The maximum absolute atomic E-state index is 10.8. The molecule has 0 fully saturated rings. The van der Waals surface area contributed by atoms with Gasteiger partial charge in [0.2, 0.25) is 6.41 Å². The molecule has 0 radical (unpaired) electrons. The molecule has 3 nitrogen and oxygen atoms in total. The van der Waals surface area contributed by atoms with Gasteiger partial charge in [0.15, 0.2) is 0 Å². The molecule has 3 heteroatoms. The minimum Gasteiger partial charge on any atom is -0.340 e. The number of hydrogen-bond acceptors (Lipinski definition) is 2. The zero-order valence-corrected chi connectivity index (χ0v) is 9.36. The van der Waals surface area contributed by atoms with Crippen molar-refractivity contribution in [1.82, 2.24) is 10.2 Å². The number of rotatable bonds is 6. The fraction of sp³-hybridized carbons (Fsp3) is 0.417. The van der Waals surface area contributed by atoms with Crippen LogP contribution in [0.25, 0.3) is 0 Å². The Balaban J connectivity index is 2.50. The first-order valence-electron chi connectivity index (χ1n) is 5.15. The molecule has 0 saturated carbocycles. The summed E-state index contributed by atoms with van der Waals surface area (Å²) in [6, 6.07) is 8.25.